The van der Waals surface area contributed by atoms with Crippen molar-refractivity contribution in [2.75, 3.05) is 0 Å². The van der Waals surface area contributed by atoms with Gasteiger partial charge in [0.25, 0.3) is 0 Å². The van der Waals surface area contributed by atoms with Crippen molar-refractivity contribution >= 4 is 11.8 Å². The summed E-state index contributed by atoms with van der Waals surface area (Å²) >= 11 is 0. The van der Waals surface area contributed by atoms with Crippen molar-refractivity contribution in [3.63, 3.8) is 0 Å². The highest BCUT2D eigenvalue weighted by atomic mass is 16.4. The maximum Gasteiger partial charge on any atom is 0.307 e. The van der Waals surface area contributed by atoms with E-state index in [-0.39, 0.29) is 11.7 Å². The van der Waals surface area contributed by atoms with Gasteiger partial charge in [-0.15, -0.1) is 0 Å². The number of aromatic amines is 1. The molecule has 1 aliphatic carbocycles. The van der Waals surface area contributed by atoms with Gasteiger partial charge in [0.2, 0.25) is 0 Å². The molecule has 0 saturated heterocycles. The molecular formula is C11H13NO3. The second kappa shape index (κ2) is 3.88. The first-order valence-corrected chi connectivity index (χ1v) is 5.05. The Labute approximate surface area is 87.3 Å². The summed E-state index contributed by atoms with van der Waals surface area (Å²) in [6, 6.07) is 1.85. The molecule has 4 nitrogen and oxygen atoms in total. The molecule has 0 aromatic carbocycles. The zero-order valence-electron chi connectivity index (χ0n) is 8.27. The number of Topliss-reactive ketones (excluding diaryl/α,β-unsaturated/α-hetero) is 1. The van der Waals surface area contributed by atoms with Gasteiger partial charge in [-0.1, -0.05) is 0 Å². The van der Waals surface area contributed by atoms with Crippen LogP contribution in [0.15, 0.2) is 18.5 Å². The first kappa shape index (κ1) is 9.96. The standard InChI is InChI=1S/C11H13NO3/c13-8-1-2-9(11(14)15)10(5-8)7-3-4-12-6-7/h3-4,6,9-10,12H,1-2,5H2,(H,14,15). The van der Waals surface area contributed by atoms with Gasteiger partial charge in [0, 0.05) is 31.2 Å². The summed E-state index contributed by atoms with van der Waals surface area (Å²) in [6.07, 6.45) is 4.75. The number of rotatable bonds is 2. The SMILES string of the molecule is O=C1CCC(C(=O)O)C(c2cc[nH]c2)C1. The van der Waals surface area contributed by atoms with E-state index in [0.717, 1.165) is 5.56 Å². The number of hydrogen-bond acceptors (Lipinski definition) is 2. The smallest absolute Gasteiger partial charge is 0.307 e. The highest BCUT2D eigenvalue weighted by molar-refractivity contribution is 5.83. The molecule has 1 aromatic heterocycles. The third kappa shape index (κ3) is 1.93. The van der Waals surface area contributed by atoms with E-state index in [1.54, 1.807) is 12.4 Å². The molecule has 0 bridgehead atoms. The van der Waals surface area contributed by atoms with Crippen molar-refractivity contribution in [1.29, 1.82) is 0 Å². The lowest BCUT2D eigenvalue weighted by atomic mass is 9.76. The molecule has 2 rings (SSSR count). The van der Waals surface area contributed by atoms with Crippen LogP contribution in [0.1, 0.15) is 30.7 Å². The molecule has 0 aliphatic heterocycles. The molecule has 1 saturated carbocycles. The molecule has 0 amide bonds. The van der Waals surface area contributed by atoms with Gasteiger partial charge in [-0.2, -0.15) is 0 Å². The number of carbonyl (C=O) groups excluding carboxylic acids is 1. The molecule has 4 heteroatoms. The normalized spacial score (nSPS) is 26.5. The Morgan fingerprint density at radius 3 is 2.93 bits per heavy atom. The minimum absolute atomic E-state index is 0.157. The molecule has 1 fully saturated rings. The molecule has 0 spiro atoms. The Kier molecular flexibility index (Phi) is 2.58. The predicted molar refractivity (Wildman–Crippen MR) is 53.5 cm³/mol. The molecule has 1 heterocycles. The van der Waals surface area contributed by atoms with E-state index < -0.39 is 11.9 Å². The number of ketones is 1. The Morgan fingerprint density at radius 2 is 2.33 bits per heavy atom. The van der Waals surface area contributed by atoms with Gasteiger partial charge in [0.15, 0.2) is 0 Å². The first-order valence-electron chi connectivity index (χ1n) is 5.05. The van der Waals surface area contributed by atoms with E-state index in [0.29, 0.717) is 19.3 Å². The molecule has 80 valence electrons. The molecule has 2 unspecified atom stereocenters. The average molecular weight is 207 g/mol. The highest BCUT2D eigenvalue weighted by Gasteiger charge is 2.35. The van der Waals surface area contributed by atoms with Crippen LogP contribution in [0.5, 0.6) is 0 Å². The third-order valence-corrected chi connectivity index (χ3v) is 3.03. The van der Waals surface area contributed by atoms with Gasteiger partial charge in [-0.05, 0) is 18.1 Å². The van der Waals surface area contributed by atoms with Crippen molar-refractivity contribution in [3.8, 4) is 0 Å². The molecule has 0 radical (unpaired) electrons. The molecule has 1 aliphatic rings. The first-order chi connectivity index (χ1) is 7.18. The lowest BCUT2D eigenvalue weighted by Gasteiger charge is -2.27. The number of carboxylic acid groups (broad SMARTS) is 1. The van der Waals surface area contributed by atoms with Crippen molar-refractivity contribution < 1.29 is 14.7 Å². The average Bonchev–Trinajstić information content (AvgIpc) is 2.69. The topological polar surface area (TPSA) is 70.2 Å². The highest BCUT2D eigenvalue weighted by Crippen LogP contribution is 2.36. The lowest BCUT2D eigenvalue weighted by Crippen LogP contribution is -2.29. The Morgan fingerprint density at radius 1 is 1.53 bits per heavy atom. The van der Waals surface area contributed by atoms with Crippen LogP contribution < -0.4 is 0 Å². The summed E-state index contributed by atoms with van der Waals surface area (Å²) in [5.74, 6) is -1.21. The monoisotopic (exact) mass is 207 g/mol. The lowest BCUT2D eigenvalue weighted by molar-refractivity contribution is -0.144. The summed E-state index contributed by atoms with van der Waals surface area (Å²) in [5, 5.41) is 9.07. The van der Waals surface area contributed by atoms with Crippen LogP contribution in [0.2, 0.25) is 0 Å². The quantitative estimate of drug-likeness (QED) is 0.773. The van der Waals surface area contributed by atoms with Gasteiger partial charge in [0.1, 0.15) is 5.78 Å². The predicted octanol–water partition coefficient (Wildman–Crippen LogP) is 1.55. The van der Waals surface area contributed by atoms with Gasteiger partial charge in [0.05, 0.1) is 5.92 Å². The number of aromatic nitrogens is 1. The molecule has 2 N–H and O–H groups in total. The maximum absolute atomic E-state index is 11.3. The Hall–Kier alpha value is -1.58. The summed E-state index contributed by atoms with van der Waals surface area (Å²) in [7, 11) is 0. The van der Waals surface area contributed by atoms with Gasteiger partial charge >= 0.3 is 5.97 Å². The van der Waals surface area contributed by atoms with Crippen LogP contribution in [0.25, 0.3) is 0 Å². The number of hydrogen-bond donors (Lipinski definition) is 2. The van der Waals surface area contributed by atoms with Crippen molar-refractivity contribution in [3.05, 3.63) is 24.0 Å². The number of nitrogens with one attached hydrogen (secondary N) is 1. The summed E-state index contributed by atoms with van der Waals surface area (Å²) in [6.45, 7) is 0. The second-order valence-electron chi connectivity index (χ2n) is 3.98. The number of carbonyl (C=O) groups is 2. The van der Waals surface area contributed by atoms with Crippen molar-refractivity contribution in [2.45, 2.75) is 25.2 Å². The van der Waals surface area contributed by atoms with E-state index in [1.807, 2.05) is 6.07 Å². The minimum atomic E-state index is -0.797. The van der Waals surface area contributed by atoms with Gasteiger partial charge in [-0.25, -0.2) is 0 Å². The molecular weight excluding hydrogens is 194 g/mol. The van der Waals surface area contributed by atoms with E-state index >= 15 is 0 Å². The van der Waals surface area contributed by atoms with E-state index in [1.165, 1.54) is 0 Å². The van der Waals surface area contributed by atoms with Crippen LogP contribution in [-0.4, -0.2) is 21.8 Å². The van der Waals surface area contributed by atoms with E-state index in [4.69, 9.17) is 5.11 Å². The zero-order valence-corrected chi connectivity index (χ0v) is 8.27. The largest absolute Gasteiger partial charge is 0.481 e. The maximum atomic E-state index is 11.3. The van der Waals surface area contributed by atoms with Crippen molar-refractivity contribution in [2.24, 2.45) is 5.92 Å². The van der Waals surface area contributed by atoms with Gasteiger partial charge in [-0.3, -0.25) is 9.59 Å². The zero-order chi connectivity index (χ0) is 10.8. The summed E-state index contributed by atoms with van der Waals surface area (Å²) < 4.78 is 0. The van der Waals surface area contributed by atoms with Crippen LogP contribution in [0, 0.1) is 5.92 Å². The number of H-pyrrole nitrogens is 1. The molecule has 2 atom stereocenters. The molecule has 1 aromatic rings. The Balaban J connectivity index is 2.24. The van der Waals surface area contributed by atoms with Crippen LogP contribution >= 0.6 is 0 Å². The van der Waals surface area contributed by atoms with Crippen LogP contribution in [0.4, 0.5) is 0 Å². The van der Waals surface area contributed by atoms with Crippen molar-refractivity contribution in [1.82, 2.24) is 4.98 Å². The third-order valence-electron chi connectivity index (χ3n) is 3.03. The fourth-order valence-electron chi connectivity index (χ4n) is 2.22. The number of carboxylic acids is 1. The van der Waals surface area contributed by atoms with Gasteiger partial charge < -0.3 is 10.1 Å². The van der Waals surface area contributed by atoms with E-state index in [9.17, 15) is 9.59 Å². The fraction of sp³-hybridized carbons (Fsp3) is 0.455. The van der Waals surface area contributed by atoms with E-state index in [2.05, 4.69) is 4.98 Å². The second-order valence-corrected chi connectivity index (χ2v) is 3.98. The van der Waals surface area contributed by atoms with Crippen LogP contribution in [0.3, 0.4) is 0 Å². The molecule has 15 heavy (non-hydrogen) atoms. The minimum Gasteiger partial charge on any atom is -0.481 e. The fourth-order valence-corrected chi connectivity index (χ4v) is 2.22. The Bertz CT molecular complexity index is 369. The van der Waals surface area contributed by atoms with Crippen LogP contribution in [-0.2, 0) is 9.59 Å². The summed E-state index contributed by atoms with van der Waals surface area (Å²) in [4.78, 5) is 25.3. The number of aliphatic carboxylic acids is 1. The summed E-state index contributed by atoms with van der Waals surface area (Å²) in [5.41, 5.74) is 0.926.